The fourth-order valence-corrected chi connectivity index (χ4v) is 3.69. The SMILES string of the molecule is Cc1ccc(Cl)cc1NC(=O)[C@@H]1CC(=O)Nc2nc(Nc3cccc(C(F)(F)F)c3)[nH]c(=O)c21. The van der Waals surface area contributed by atoms with E-state index in [1.165, 1.54) is 12.1 Å². The van der Waals surface area contributed by atoms with E-state index in [1.807, 2.05) is 0 Å². The summed E-state index contributed by atoms with van der Waals surface area (Å²) in [6, 6.07) is 9.21. The minimum absolute atomic E-state index is 0.0192. The summed E-state index contributed by atoms with van der Waals surface area (Å²) in [6.07, 6.45) is -4.84. The first-order chi connectivity index (χ1) is 16.0. The van der Waals surface area contributed by atoms with Crippen LogP contribution in [0.5, 0.6) is 0 Å². The van der Waals surface area contributed by atoms with Crippen molar-refractivity contribution in [3.05, 3.63) is 74.5 Å². The predicted octanol–water partition coefficient (Wildman–Crippen LogP) is 4.56. The van der Waals surface area contributed by atoms with Gasteiger partial charge in [0.2, 0.25) is 17.8 Å². The first kappa shape index (κ1) is 23.3. The summed E-state index contributed by atoms with van der Waals surface area (Å²) in [7, 11) is 0. The monoisotopic (exact) mass is 491 g/mol. The van der Waals surface area contributed by atoms with Crippen LogP contribution in [-0.2, 0) is 15.8 Å². The van der Waals surface area contributed by atoms with Gasteiger partial charge >= 0.3 is 6.18 Å². The molecule has 1 atom stereocenters. The standard InChI is InChI=1S/C22H17ClF3N5O3/c1-10-5-6-12(23)8-15(10)28-19(33)14-9-16(32)29-18-17(14)20(34)31-21(30-18)27-13-4-2-3-11(7-13)22(24,25)26/h2-8,14H,9H2,1H3,(H,28,33)(H3,27,29,30,31,32,34)/t14-/m1/s1. The number of carbonyl (C=O) groups is 2. The average Bonchev–Trinajstić information content (AvgIpc) is 2.75. The molecule has 0 saturated heterocycles. The third-order valence-electron chi connectivity index (χ3n) is 5.18. The van der Waals surface area contributed by atoms with Crippen molar-refractivity contribution < 1.29 is 22.8 Å². The number of carbonyl (C=O) groups excluding carboxylic acids is 2. The van der Waals surface area contributed by atoms with Gasteiger partial charge in [-0.2, -0.15) is 18.2 Å². The molecule has 12 heteroatoms. The molecular formula is C22H17ClF3N5O3. The Morgan fingerprint density at radius 1 is 1.18 bits per heavy atom. The van der Waals surface area contributed by atoms with Gasteiger partial charge < -0.3 is 16.0 Å². The molecule has 8 nitrogen and oxygen atoms in total. The minimum atomic E-state index is -4.55. The number of aromatic nitrogens is 2. The molecule has 0 fully saturated rings. The molecular weight excluding hydrogens is 475 g/mol. The molecule has 0 bridgehead atoms. The highest BCUT2D eigenvalue weighted by molar-refractivity contribution is 6.31. The number of rotatable bonds is 4. The summed E-state index contributed by atoms with van der Waals surface area (Å²) in [5, 5.41) is 8.10. The zero-order valence-corrected chi connectivity index (χ0v) is 18.3. The number of nitrogens with zero attached hydrogens (tertiary/aromatic N) is 1. The summed E-state index contributed by atoms with van der Waals surface area (Å²) in [5.41, 5.74) is -0.498. The van der Waals surface area contributed by atoms with Crippen molar-refractivity contribution in [2.45, 2.75) is 25.4 Å². The molecule has 1 aliphatic rings. The lowest BCUT2D eigenvalue weighted by molar-refractivity contribution is -0.137. The first-order valence-electron chi connectivity index (χ1n) is 9.96. The van der Waals surface area contributed by atoms with Crippen molar-refractivity contribution >= 4 is 46.6 Å². The Morgan fingerprint density at radius 3 is 2.68 bits per heavy atom. The Labute approximate surface area is 195 Å². The number of nitrogens with one attached hydrogen (secondary N) is 4. The lowest BCUT2D eigenvalue weighted by Gasteiger charge is -2.24. The number of benzene rings is 2. The molecule has 4 rings (SSSR count). The van der Waals surface area contributed by atoms with Gasteiger partial charge in [0.1, 0.15) is 5.82 Å². The molecule has 2 amide bonds. The third kappa shape index (κ3) is 4.88. The van der Waals surface area contributed by atoms with Crippen molar-refractivity contribution in [3.8, 4) is 0 Å². The highest BCUT2D eigenvalue weighted by Gasteiger charge is 2.35. The van der Waals surface area contributed by atoms with Crippen LogP contribution in [0.3, 0.4) is 0 Å². The van der Waals surface area contributed by atoms with Crippen LogP contribution in [0.15, 0.2) is 47.3 Å². The minimum Gasteiger partial charge on any atom is -0.326 e. The Bertz CT molecular complexity index is 1360. The van der Waals surface area contributed by atoms with Crippen LogP contribution in [0.25, 0.3) is 0 Å². The van der Waals surface area contributed by atoms with Gasteiger partial charge in [0.05, 0.1) is 17.0 Å². The van der Waals surface area contributed by atoms with E-state index in [0.29, 0.717) is 10.7 Å². The molecule has 4 N–H and O–H groups in total. The van der Waals surface area contributed by atoms with Gasteiger partial charge in [0.15, 0.2) is 0 Å². The Hall–Kier alpha value is -3.86. The topological polar surface area (TPSA) is 116 Å². The maximum atomic E-state index is 13.0. The van der Waals surface area contributed by atoms with Crippen LogP contribution < -0.4 is 21.5 Å². The summed E-state index contributed by atoms with van der Waals surface area (Å²) < 4.78 is 38.9. The van der Waals surface area contributed by atoms with E-state index < -0.39 is 35.0 Å². The zero-order chi connectivity index (χ0) is 24.6. The number of aromatic amines is 1. The molecule has 0 unspecified atom stereocenters. The van der Waals surface area contributed by atoms with Gasteiger partial charge in [-0.05, 0) is 42.8 Å². The Kier molecular flexibility index (Phi) is 6.05. The van der Waals surface area contributed by atoms with Crippen LogP contribution in [0.2, 0.25) is 5.02 Å². The van der Waals surface area contributed by atoms with Gasteiger partial charge in [-0.3, -0.25) is 19.4 Å². The highest BCUT2D eigenvalue weighted by Crippen LogP contribution is 2.33. The first-order valence-corrected chi connectivity index (χ1v) is 10.3. The third-order valence-corrected chi connectivity index (χ3v) is 5.41. The zero-order valence-electron chi connectivity index (χ0n) is 17.5. The molecule has 1 aromatic heterocycles. The lowest BCUT2D eigenvalue weighted by Crippen LogP contribution is -2.36. The van der Waals surface area contributed by atoms with Gasteiger partial charge in [0, 0.05) is 22.8 Å². The Balaban J connectivity index is 1.64. The second-order valence-electron chi connectivity index (χ2n) is 7.63. The fourth-order valence-electron chi connectivity index (χ4n) is 3.51. The number of alkyl halides is 3. The molecule has 0 saturated carbocycles. The van der Waals surface area contributed by atoms with E-state index in [0.717, 1.165) is 17.7 Å². The molecule has 0 spiro atoms. The number of hydrogen-bond donors (Lipinski definition) is 4. The van der Waals surface area contributed by atoms with Crippen molar-refractivity contribution in [1.82, 2.24) is 9.97 Å². The van der Waals surface area contributed by atoms with Crippen LogP contribution >= 0.6 is 11.6 Å². The van der Waals surface area contributed by atoms with E-state index in [4.69, 9.17) is 11.6 Å². The molecule has 34 heavy (non-hydrogen) atoms. The average molecular weight is 492 g/mol. The van der Waals surface area contributed by atoms with Gasteiger partial charge in [-0.15, -0.1) is 0 Å². The fraction of sp³-hybridized carbons (Fsp3) is 0.182. The number of anilines is 4. The highest BCUT2D eigenvalue weighted by atomic mass is 35.5. The van der Waals surface area contributed by atoms with E-state index in [1.54, 1.807) is 25.1 Å². The number of amides is 2. The summed E-state index contributed by atoms with van der Waals surface area (Å²) >= 11 is 5.98. The van der Waals surface area contributed by atoms with Gasteiger partial charge in [0.25, 0.3) is 5.56 Å². The van der Waals surface area contributed by atoms with Crippen molar-refractivity contribution in [2.75, 3.05) is 16.0 Å². The Morgan fingerprint density at radius 2 is 1.94 bits per heavy atom. The van der Waals surface area contributed by atoms with E-state index in [9.17, 15) is 27.6 Å². The van der Waals surface area contributed by atoms with E-state index >= 15 is 0 Å². The van der Waals surface area contributed by atoms with Crippen molar-refractivity contribution in [2.24, 2.45) is 0 Å². The maximum Gasteiger partial charge on any atom is 0.416 e. The number of hydrogen-bond acceptors (Lipinski definition) is 5. The van der Waals surface area contributed by atoms with Gasteiger partial charge in [-0.1, -0.05) is 23.7 Å². The molecule has 2 heterocycles. The number of halogens is 4. The predicted molar refractivity (Wildman–Crippen MR) is 120 cm³/mol. The smallest absolute Gasteiger partial charge is 0.326 e. The molecule has 0 aliphatic carbocycles. The molecule has 3 aromatic rings. The normalized spacial score (nSPS) is 15.3. The second kappa shape index (κ2) is 8.82. The van der Waals surface area contributed by atoms with Crippen LogP contribution in [0.1, 0.15) is 29.0 Å². The summed E-state index contributed by atoms with van der Waals surface area (Å²) in [4.78, 5) is 44.5. The van der Waals surface area contributed by atoms with Crippen molar-refractivity contribution in [1.29, 1.82) is 0 Å². The number of fused-ring (bicyclic) bond motifs is 1. The molecule has 1 aliphatic heterocycles. The molecule has 0 radical (unpaired) electrons. The number of H-pyrrole nitrogens is 1. The molecule has 176 valence electrons. The van der Waals surface area contributed by atoms with E-state index in [-0.39, 0.29) is 29.4 Å². The largest absolute Gasteiger partial charge is 0.416 e. The van der Waals surface area contributed by atoms with Crippen LogP contribution in [0.4, 0.5) is 36.3 Å². The number of aryl methyl sites for hydroxylation is 1. The van der Waals surface area contributed by atoms with Crippen LogP contribution in [0, 0.1) is 6.92 Å². The lowest BCUT2D eigenvalue weighted by atomic mass is 9.92. The van der Waals surface area contributed by atoms with E-state index in [2.05, 4.69) is 25.9 Å². The summed E-state index contributed by atoms with van der Waals surface area (Å²) in [5.74, 6) is -2.64. The quantitative estimate of drug-likeness (QED) is 0.427. The van der Waals surface area contributed by atoms with Crippen LogP contribution in [-0.4, -0.2) is 21.8 Å². The van der Waals surface area contributed by atoms with Gasteiger partial charge in [-0.25, -0.2) is 0 Å². The second-order valence-corrected chi connectivity index (χ2v) is 8.07. The van der Waals surface area contributed by atoms with Crippen molar-refractivity contribution in [3.63, 3.8) is 0 Å². The maximum absolute atomic E-state index is 13.0. The summed E-state index contributed by atoms with van der Waals surface area (Å²) in [6.45, 7) is 1.76. The molecule has 2 aromatic carbocycles.